The van der Waals surface area contributed by atoms with Gasteiger partial charge in [0.25, 0.3) is 0 Å². The van der Waals surface area contributed by atoms with Crippen LogP contribution in [0.4, 0.5) is 0 Å². The van der Waals surface area contributed by atoms with Crippen LogP contribution in [0.5, 0.6) is 0 Å². The second-order valence-corrected chi connectivity index (χ2v) is 5.27. The van der Waals surface area contributed by atoms with E-state index in [0.717, 1.165) is 10.5 Å². The van der Waals surface area contributed by atoms with E-state index in [2.05, 4.69) is 13.1 Å². The molecule has 0 unspecified atom stereocenters. The smallest absolute Gasteiger partial charge is 0.156 e. The summed E-state index contributed by atoms with van der Waals surface area (Å²) in [5, 5.41) is 0. The summed E-state index contributed by atoms with van der Waals surface area (Å²) in [4.78, 5) is 0. The van der Waals surface area contributed by atoms with Crippen LogP contribution < -0.4 is 0 Å². The van der Waals surface area contributed by atoms with Crippen molar-refractivity contribution in [3.8, 4) is 0 Å². The molecule has 0 heterocycles. The Balaban J connectivity index is 0. The molecule has 0 N–H and O–H groups in total. The lowest BCUT2D eigenvalue weighted by Crippen LogP contribution is -2.02. The van der Waals surface area contributed by atoms with Crippen LogP contribution in [0.1, 0.15) is 7.43 Å². The maximum absolute atomic E-state index is 5.03. The monoisotopic (exact) mass is 122 g/mol. The number of hydrogen-bond donors (Lipinski definition) is 0. The third kappa shape index (κ3) is 8.83. The van der Waals surface area contributed by atoms with Crippen LogP contribution in [-0.2, 0) is 4.12 Å². The lowest BCUT2D eigenvalue weighted by Gasteiger charge is -1.93. The predicted molar refractivity (Wildman–Crippen MR) is 36.6 cm³/mol. The predicted octanol–water partition coefficient (Wildman–Crippen LogP) is -0.0971. The average Bonchev–Trinajstić information content (AvgIpc) is 1.38. The Hall–Kier alpha value is 0.394. The molecule has 0 aliphatic heterocycles. The first-order valence-corrected chi connectivity index (χ1v) is 5.40. The second-order valence-electron chi connectivity index (χ2n) is 1.28. The fourth-order valence-corrected chi connectivity index (χ4v) is 0. The Morgan fingerprint density at radius 1 is 1.50 bits per heavy atom. The van der Waals surface area contributed by atoms with Crippen molar-refractivity contribution in [1.82, 2.24) is 0 Å². The van der Waals surface area contributed by atoms with Gasteiger partial charge in [0.15, 0.2) is 9.04 Å². The molecule has 6 heavy (non-hydrogen) atoms. The van der Waals surface area contributed by atoms with Crippen molar-refractivity contribution in [1.29, 1.82) is 0 Å². The SMILES string of the molecule is C.C[SiH](C)O[SiH3]. The fraction of sp³-hybridized carbons (Fsp3) is 1.00. The Bertz CT molecular complexity index is 22.8. The molecule has 0 aromatic carbocycles. The van der Waals surface area contributed by atoms with Gasteiger partial charge < -0.3 is 4.12 Å². The van der Waals surface area contributed by atoms with Gasteiger partial charge in [0.05, 0.1) is 0 Å². The lowest BCUT2D eigenvalue weighted by atomic mass is 11.9. The van der Waals surface area contributed by atoms with Crippen LogP contribution in [0.25, 0.3) is 0 Å². The van der Waals surface area contributed by atoms with E-state index in [4.69, 9.17) is 4.12 Å². The molecule has 3 heteroatoms. The normalized spacial score (nSPS) is 8.50. The van der Waals surface area contributed by atoms with Gasteiger partial charge in [-0.1, -0.05) is 7.43 Å². The van der Waals surface area contributed by atoms with E-state index in [-0.39, 0.29) is 7.43 Å². The molecule has 0 bridgehead atoms. The molecular formula is C3H14OSi2. The van der Waals surface area contributed by atoms with Crippen molar-refractivity contribution in [2.75, 3.05) is 0 Å². The van der Waals surface area contributed by atoms with E-state index in [9.17, 15) is 0 Å². The van der Waals surface area contributed by atoms with Crippen molar-refractivity contribution in [2.24, 2.45) is 0 Å². The Kier molecular flexibility index (Phi) is 8.66. The third-order valence-corrected chi connectivity index (χ3v) is 4.24. The quantitative estimate of drug-likeness (QED) is 0.442. The summed E-state index contributed by atoms with van der Waals surface area (Å²) in [6.07, 6.45) is 0. The number of hydrogen-bond acceptors (Lipinski definition) is 1. The zero-order valence-corrected chi connectivity index (χ0v) is 7.14. The lowest BCUT2D eigenvalue weighted by molar-refractivity contribution is 0.647. The molecule has 0 aromatic heterocycles. The Morgan fingerprint density at radius 3 is 1.67 bits per heavy atom. The zero-order valence-electron chi connectivity index (χ0n) is 3.99. The van der Waals surface area contributed by atoms with E-state index in [0.29, 0.717) is 0 Å². The molecule has 0 amide bonds. The Morgan fingerprint density at radius 2 is 1.67 bits per heavy atom. The van der Waals surface area contributed by atoms with E-state index in [1.807, 2.05) is 0 Å². The van der Waals surface area contributed by atoms with Crippen LogP contribution in [-0.4, -0.2) is 19.5 Å². The van der Waals surface area contributed by atoms with Crippen LogP contribution in [0.15, 0.2) is 0 Å². The van der Waals surface area contributed by atoms with Crippen molar-refractivity contribution < 1.29 is 4.12 Å². The van der Waals surface area contributed by atoms with Crippen LogP contribution >= 0.6 is 0 Å². The standard InChI is InChI=1S/C2H10OSi2.CH4/c1-5(2)3-4;/h5H,1-2,4H3;1H4. The maximum Gasteiger partial charge on any atom is 0.156 e. The van der Waals surface area contributed by atoms with Crippen molar-refractivity contribution >= 4 is 19.5 Å². The summed E-state index contributed by atoms with van der Waals surface area (Å²) in [7, 11) is 0.347. The third-order valence-electron chi connectivity index (χ3n) is 0.471. The Labute approximate surface area is 45.0 Å². The summed E-state index contributed by atoms with van der Waals surface area (Å²) >= 11 is 0. The summed E-state index contributed by atoms with van der Waals surface area (Å²) in [5.74, 6) is 0. The molecule has 0 fully saturated rings. The van der Waals surface area contributed by atoms with Crippen LogP contribution in [0.2, 0.25) is 13.1 Å². The largest absolute Gasteiger partial charge is 0.466 e. The molecule has 0 radical (unpaired) electrons. The summed E-state index contributed by atoms with van der Waals surface area (Å²) in [6, 6.07) is 0. The second kappa shape index (κ2) is 5.39. The molecule has 0 aliphatic carbocycles. The summed E-state index contributed by atoms with van der Waals surface area (Å²) < 4.78 is 5.03. The van der Waals surface area contributed by atoms with Gasteiger partial charge in [-0.25, -0.2) is 0 Å². The van der Waals surface area contributed by atoms with Crippen molar-refractivity contribution in [3.63, 3.8) is 0 Å². The number of rotatable bonds is 1. The molecule has 0 rings (SSSR count). The van der Waals surface area contributed by atoms with Gasteiger partial charge in [0.2, 0.25) is 0 Å². The minimum absolute atomic E-state index is 0. The van der Waals surface area contributed by atoms with Crippen molar-refractivity contribution in [3.05, 3.63) is 0 Å². The molecule has 0 atom stereocenters. The van der Waals surface area contributed by atoms with E-state index in [1.165, 1.54) is 0 Å². The van der Waals surface area contributed by atoms with E-state index in [1.54, 1.807) is 0 Å². The first-order chi connectivity index (χ1) is 2.27. The topological polar surface area (TPSA) is 9.23 Å². The van der Waals surface area contributed by atoms with Crippen molar-refractivity contribution in [2.45, 2.75) is 20.5 Å². The summed E-state index contributed by atoms with van der Waals surface area (Å²) in [5.41, 5.74) is 0. The minimum Gasteiger partial charge on any atom is -0.466 e. The molecule has 0 saturated heterocycles. The van der Waals surface area contributed by atoms with E-state index < -0.39 is 9.04 Å². The van der Waals surface area contributed by atoms with Gasteiger partial charge in [0.1, 0.15) is 10.5 Å². The molecule has 0 saturated carbocycles. The minimum atomic E-state index is -0.588. The molecule has 0 aliphatic rings. The highest BCUT2D eigenvalue weighted by Crippen LogP contribution is 1.72. The fourth-order valence-electron chi connectivity index (χ4n) is 0. The molecule has 0 spiro atoms. The van der Waals surface area contributed by atoms with Crippen LogP contribution in [0, 0.1) is 0 Å². The van der Waals surface area contributed by atoms with E-state index >= 15 is 0 Å². The zero-order chi connectivity index (χ0) is 4.28. The van der Waals surface area contributed by atoms with Gasteiger partial charge in [-0.15, -0.1) is 0 Å². The average molecular weight is 122 g/mol. The molecular weight excluding hydrogens is 108 g/mol. The van der Waals surface area contributed by atoms with Gasteiger partial charge in [-0.05, 0) is 13.1 Å². The van der Waals surface area contributed by atoms with Gasteiger partial charge in [-0.3, -0.25) is 0 Å². The highest BCUT2D eigenvalue weighted by molar-refractivity contribution is 6.52. The van der Waals surface area contributed by atoms with Gasteiger partial charge in [-0.2, -0.15) is 0 Å². The molecule has 1 nitrogen and oxygen atoms in total. The van der Waals surface area contributed by atoms with Gasteiger partial charge >= 0.3 is 0 Å². The first kappa shape index (κ1) is 9.64. The first-order valence-electron chi connectivity index (χ1n) is 1.80. The molecule has 40 valence electrons. The highest BCUT2D eigenvalue weighted by Gasteiger charge is 1.82. The van der Waals surface area contributed by atoms with Crippen LogP contribution in [0.3, 0.4) is 0 Å². The molecule has 0 aromatic rings. The maximum atomic E-state index is 5.03. The highest BCUT2D eigenvalue weighted by atomic mass is 28.3. The van der Waals surface area contributed by atoms with Gasteiger partial charge in [0, 0.05) is 0 Å². The summed E-state index contributed by atoms with van der Waals surface area (Å²) in [6.45, 7) is 4.35.